The van der Waals surface area contributed by atoms with Crippen molar-refractivity contribution in [2.24, 2.45) is 0 Å². The lowest BCUT2D eigenvalue weighted by atomic mass is 9.69. The van der Waals surface area contributed by atoms with Gasteiger partial charge in [0.15, 0.2) is 0 Å². The molecule has 0 radical (unpaired) electrons. The highest BCUT2D eigenvalue weighted by molar-refractivity contribution is 5.57. The number of hydrogen-bond donors (Lipinski definition) is 1. The lowest BCUT2D eigenvalue weighted by molar-refractivity contribution is 0.449. The normalized spacial score (nSPS) is 12.2. The van der Waals surface area contributed by atoms with Gasteiger partial charge in [0, 0.05) is 16.4 Å². The Labute approximate surface area is 170 Å². The molecule has 3 aromatic carbocycles. The van der Waals surface area contributed by atoms with Crippen LogP contribution < -0.4 is 0 Å². The molecule has 0 aliphatic carbocycles. The highest BCUT2D eigenvalue weighted by Gasteiger charge is 2.34. The van der Waals surface area contributed by atoms with Gasteiger partial charge >= 0.3 is 0 Å². The van der Waals surface area contributed by atoms with Crippen LogP contribution in [0.5, 0.6) is 5.75 Å². The minimum atomic E-state index is -0.294. The fraction of sp³-hybridized carbons (Fsp3) is 0.333. The third-order valence-electron chi connectivity index (χ3n) is 6.38. The Hall–Kier alpha value is -2.54. The molecule has 0 fully saturated rings. The molecule has 0 saturated heterocycles. The molecular weight excluding hydrogens is 340 g/mol. The Bertz CT molecular complexity index is 1010. The van der Waals surface area contributed by atoms with E-state index < -0.39 is 0 Å². The second-order valence-electron chi connectivity index (χ2n) is 9.01. The molecule has 1 N–H and O–H groups in total. The molecule has 3 rings (SSSR count). The number of hydrogen-bond acceptors (Lipinski definition) is 1. The molecule has 0 amide bonds. The van der Waals surface area contributed by atoms with Crippen LogP contribution in [0.15, 0.2) is 60.7 Å². The zero-order chi connectivity index (χ0) is 20.7. The van der Waals surface area contributed by atoms with Gasteiger partial charge in [0.05, 0.1) is 0 Å². The molecule has 146 valence electrons. The summed E-state index contributed by atoms with van der Waals surface area (Å²) in [6.07, 6.45) is 0. The summed E-state index contributed by atoms with van der Waals surface area (Å²) in [5.74, 6) is 0.370. The minimum absolute atomic E-state index is 0.153. The van der Waals surface area contributed by atoms with Gasteiger partial charge in [-0.3, -0.25) is 0 Å². The average Bonchev–Trinajstić information content (AvgIpc) is 2.61. The van der Waals surface area contributed by atoms with Gasteiger partial charge in [0.25, 0.3) is 0 Å². The number of phenols is 1. The van der Waals surface area contributed by atoms with Crippen molar-refractivity contribution in [3.05, 3.63) is 99.6 Å². The molecule has 0 saturated carbocycles. The van der Waals surface area contributed by atoms with Crippen molar-refractivity contribution in [1.29, 1.82) is 0 Å². The van der Waals surface area contributed by atoms with E-state index in [9.17, 15) is 5.11 Å². The van der Waals surface area contributed by atoms with Gasteiger partial charge in [-0.05, 0) is 60.2 Å². The van der Waals surface area contributed by atoms with Crippen LogP contribution in [-0.2, 0) is 10.8 Å². The van der Waals surface area contributed by atoms with Crippen LogP contribution in [-0.4, -0.2) is 5.11 Å². The van der Waals surface area contributed by atoms with E-state index in [1.54, 1.807) is 0 Å². The zero-order valence-electron chi connectivity index (χ0n) is 18.2. The maximum atomic E-state index is 10.9. The number of aromatic hydroxyl groups is 1. The van der Waals surface area contributed by atoms with Crippen LogP contribution in [0.1, 0.15) is 66.6 Å². The second-order valence-corrected chi connectivity index (χ2v) is 9.01. The van der Waals surface area contributed by atoms with Crippen LogP contribution in [0.25, 0.3) is 0 Å². The number of benzene rings is 3. The predicted molar refractivity (Wildman–Crippen MR) is 119 cm³/mol. The molecule has 1 heteroatoms. The number of phenolic OH excluding ortho intramolecular Hbond substituents is 1. The van der Waals surface area contributed by atoms with Crippen LogP contribution in [0, 0.1) is 20.8 Å². The minimum Gasteiger partial charge on any atom is -0.508 e. The highest BCUT2D eigenvalue weighted by Crippen LogP contribution is 2.45. The molecule has 0 bridgehead atoms. The monoisotopic (exact) mass is 372 g/mol. The molecule has 3 aromatic rings. The summed E-state index contributed by atoms with van der Waals surface area (Å²) in [5, 5.41) is 10.9. The lowest BCUT2D eigenvalue weighted by Gasteiger charge is -2.35. The van der Waals surface area contributed by atoms with Crippen LogP contribution >= 0.6 is 0 Å². The summed E-state index contributed by atoms with van der Waals surface area (Å²) < 4.78 is 0. The first-order valence-corrected chi connectivity index (χ1v) is 10.0. The Morgan fingerprint density at radius 2 is 1.04 bits per heavy atom. The van der Waals surface area contributed by atoms with Gasteiger partial charge in [-0.1, -0.05) is 82.3 Å². The maximum absolute atomic E-state index is 10.9. The quantitative estimate of drug-likeness (QED) is 0.524. The summed E-state index contributed by atoms with van der Waals surface area (Å²) in [5.41, 5.74) is 8.10. The van der Waals surface area contributed by atoms with Crippen molar-refractivity contribution >= 4 is 0 Å². The fourth-order valence-corrected chi connectivity index (χ4v) is 4.99. The first-order chi connectivity index (χ1) is 13.1. The topological polar surface area (TPSA) is 20.2 Å². The predicted octanol–water partition coefficient (Wildman–Crippen LogP) is 6.97. The largest absolute Gasteiger partial charge is 0.508 e. The standard InChI is InChI=1S/C27H32O/c1-18-12-8-10-14-21(18)26(4,5)23-16-17-24(28)25(20(23)3)27(6,7)22-15-11-9-13-19(22)2/h8-17,28H,1-7H3. The second kappa shape index (κ2) is 7.13. The van der Waals surface area contributed by atoms with E-state index in [1.807, 2.05) is 6.07 Å². The summed E-state index contributed by atoms with van der Waals surface area (Å²) in [7, 11) is 0. The summed E-state index contributed by atoms with van der Waals surface area (Å²) in [4.78, 5) is 0. The molecule has 0 heterocycles. The molecule has 0 aromatic heterocycles. The molecule has 0 atom stereocenters. The Morgan fingerprint density at radius 3 is 1.54 bits per heavy atom. The van der Waals surface area contributed by atoms with Crippen LogP contribution in [0.3, 0.4) is 0 Å². The number of rotatable bonds is 4. The fourth-order valence-electron chi connectivity index (χ4n) is 4.99. The molecule has 0 aliphatic heterocycles. The summed E-state index contributed by atoms with van der Waals surface area (Å²) in [6, 6.07) is 21.0. The Balaban J connectivity index is 2.24. The van der Waals surface area contributed by atoms with Gasteiger partial charge < -0.3 is 5.11 Å². The smallest absolute Gasteiger partial charge is 0.119 e. The molecule has 0 unspecified atom stereocenters. The van der Waals surface area contributed by atoms with E-state index in [0.717, 1.165) is 5.56 Å². The SMILES string of the molecule is Cc1ccccc1C(C)(C)c1ccc(O)c(C(C)(C)c2ccccc2C)c1C. The zero-order valence-corrected chi connectivity index (χ0v) is 18.2. The average molecular weight is 373 g/mol. The van der Waals surface area contributed by atoms with E-state index in [2.05, 4.69) is 103 Å². The van der Waals surface area contributed by atoms with Crippen molar-refractivity contribution in [1.82, 2.24) is 0 Å². The van der Waals surface area contributed by atoms with E-state index in [0.29, 0.717) is 5.75 Å². The van der Waals surface area contributed by atoms with E-state index in [4.69, 9.17) is 0 Å². The molecule has 0 aliphatic rings. The Kier molecular flexibility index (Phi) is 5.14. The number of aryl methyl sites for hydroxylation is 2. The molecular formula is C27H32O. The van der Waals surface area contributed by atoms with Crippen molar-refractivity contribution < 1.29 is 5.11 Å². The van der Waals surface area contributed by atoms with Gasteiger partial charge in [-0.2, -0.15) is 0 Å². The maximum Gasteiger partial charge on any atom is 0.119 e. The lowest BCUT2D eigenvalue weighted by Crippen LogP contribution is -2.26. The van der Waals surface area contributed by atoms with E-state index in [1.165, 1.54) is 33.4 Å². The van der Waals surface area contributed by atoms with Crippen molar-refractivity contribution in [3.8, 4) is 5.75 Å². The van der Waals surface area contributed by atoms with Gasteiger partial charge in [-0.15, -0.1) is 0 Å². The Morgan fingerprint density at radius 1 is 0.571 bits per heavy atom. The van der Waals surface area contributed by atoms with Crippen LogP contribution in [0.4, 0.5) is 0 Å². The summed E-state index contributed by atoms with van der Waals surface area (Å²) in [6.45, 7) is 15.4. The van der Waals surface area contributed by atoms with Gasteiger partial charge in [0.2, 0.25) is 0 Å². The third-order valence-corrected chi connectivity index (χ3v) is 6.38. The summed E-state index contributed by atoms with van der Waals surface area (Å²) >= 11 is 0. The van der Waals surface area contributed by atoms with Gasteiger partial charge in [0.1, 0.15) is 5.75 Å². The third kappa shape index (κ3) is 3.24. The van der Waals surface area contributed by atoms with E-state index in [-0.39, 0.29) is 10.8 Å². The van der Waals surface area contributed by atoms with Crippen molar-refractivity contribution in [3.63, 3.8) is 0 Å². The highest BCUT2D eigenvalue weighted by atomic mass is 16.3. The first-order valence-electron chi connectivity index (χ1n) is 10.0. The van der Waals surface area contributed by atoms with E-state index >= 15 is 0 Å². The van der Waals surface area contributed by atoms with Crippen LogP contribution in [0.2, 0.25) is 0 Å². The van der Waals surface area contributed by atoms with Crippen molar-refractivity contribution in [2.75, 3.05) is 0 Å². The van der Waals surface area contributed by atoms with Crippen molar-refractivity contribution in [2.45, 2.75) is 59.3 Å². The molecule has 28 heavy (non-hydrogen) atoms. The van der Waals surface area contributed by atoms with Gasteiger partial charge in [-0.25, -0.2) is 0 Å². The molecule has 0 spiro atoms. The molecule has 1 nitrogen and oxygen atoms in total. The first kappa shape index (κ1) is 20.2.